The van der Waals surface area contributed by atoms with Crippen LogP contribution >= 0.6 is 0 Å². The minimum Gasteiger partial charge on any atom is -0.481 e. The Balaban J connectivity index is 1.78. The van der Waals surface area contributed by atoms with Gasteiger partial charge in [-0.05, 0) is 19.3 Å². The predicted molar refractivity (Wildman–Crippen MR) is 62.2 cm³/mol. The maximum absolute atomic E-state index is 11.6. The molecule has 7 heteroatoms. The Hall–Kier alpha value is -0.660. The highest BCUT2D eigenvalue weighted by Crippen LogP contribution is 2.29. The first-order valence-corrected chi connectivity index (χ1v) is 7.57. The fourth-order valence-corrected chi connectivity index (χ4v) is 3.45. The number of nitrogens with one attached hydrogen (secondary N) is 1. The highest BCUT2D eigenvalue weighted by molar-refractivity contribution is 7.89. The van der Waals surface area contributed by atoms with E-state index < -0.39 is 16.0 Å². The van der Waals surface area contributed by atoms with E-state index in [1.807, 2.05) is 0 Å². The van der Waals surface area contributed by atoms with E-state index >= 15 is 0 Å². The van der Waals surface area contributed by atoms with E-state index in [2.05, 4.69) is 9.62 Å². The zero-order chi connectivity index (χ0) is 12.5. The predicted octanol–water partition coefficient (Wildman–Crippen LogP) is -0.383. The lowest BCUT2D eigenvalue weighted by atomic mass is 10.3. The summed E-state index contributed by atoms with van der Waals surface area (Å²) < 4.78 is 25.8. The van der Waals surface area contributed by atoms with Crippen LogP contribution in [-0.2, 0) is 14.8 Å². The zero-order valence-corrected chi connectivity index (χ0v) is 10.4. The third-order valence-corrected chi connectivity index (χ3v) is 4.65. The molecular weight excluding hydrogens is 244 g/mol. The van der Waals surface area contributed by atoms with Gasteiger partial charge in [0, 0.05) is 25.2 Å². The lowest BCUT2D eigenvalue weighted by Crippen LogP contribution is -2.39. The number of hydrogen-bond donors (Lipinski definition) is 2. The SMILES string of the molecule is O=C(O)CCS(=O)(=O)NC1CCN(C2CC2)C1. The molecule has 0 aromatic carbocycles. The second-order valence-corrected chi connectivity index (χ2v) is 6.67. The number of carbonyl (C=O) groups is 1. The van der Waals surface area contributed by atoms with Gasteiger partial charge in [-0.3, -0.25) is 9.69 Å². The molecule has 1 atom stereocenters. The van der Waals surface area contributed by atoms with E-state index in [1.54, 1.807) is 0 Å². The summed E-state index contributed by atoms with van der Waals surface area (Å²) in [4.78, 5) is 12.6. The molecule has 0 radical (unpaired) electrons. The molecule has 1 heterocycles. The third-order valence-electron chi connectivity index (χ3n) is 3.21. The van der Waals surface area contributed by atoms with Crippen LogP contribution in [0.5, 0.6) is 0 Å². The Bertz CT molecular complexity index is 391. The van der Waals surface area contributed by atoms with E-state index in [1.165, 1.54) is 12.8 Å². The maximum Gasteiger partial charge on any atom is 0.304 e. The van der Waals surface area contributed by atoms with Crippen LogP contribution in [0.3, 0.4) is 0 Å². The summed E-state index contributed by atoms with van der Waals surface area (Å²) in [5.74, 6) is -1.41. The Kier molecular flexibility index (Phi) is 3.70. The van der Waals surface area contributed by atoms with E-state index in [0.29, 0.717) is 6.04 Å². The van der Waals surface area contributed by atoms with Crippen LogP contribution in [-0.4, -0.2) is 55.3 Å². The molecule has 1 aliphatic carbocycles. The fraction of sp³-hybridized carbons (Fsp3) is 0.900. The van der Waals surface area contributed by atoms with Gasteiger partial charge in [0.05, 0.1) is 12.2 Å². The Labute approximate surface area is 101 Å². The number of nitrogens with zero attached hydrogens (tertiary/aromatic N) is 1. The molecule has 2 aliphatic rings. The van der Waals surface area contributed by atoms with Gasteiger partial charge in [-0.25, -0.2) is 13.1 Å². The van der Waals surface area contributed by atoms with E-state index in [9.17, 15) is 13.2 Å². The largest absolute Gasteiger partial charge is 0.481 e. The van der Waals surface area contributed by atoms with Crippen molar-refractivity contribution in [2.75, 3.05) is 18.8 Å². The van der Waals surface area contributed by atoms with Crippen molar-refractivity contribution in [1.29, 1.82) is 0 Å². The summed E-state index contributed by atoms with van der Waals surface area (Å²) in [5, 5.41) is 8.46. The van der Waals surface area contributed by atoms with Crippen molar-refractivity contribution in [1.82, 2.24) is 9.62 Å². The zero-order valence-electron chi connectivity index (χ0n) is 9.63. The Morgan fingerprint density at radius 3 is 2.65 bits per heavy atom. The average Bonchev–Trinajstić information content (AvgIpc) is 2.98. The summed E-state index contributed by atoms with van der Waals surface area (Å²) in [6, 6.07) is 0.609. The minimum absolute atomic E-state index is 0.0469. The van der Waals surface area contributed by atoms with Crippen molar-refractivity contribution in [2.24, 2.45) is 0 Å². The first-order chi connectivity index (χ1) is 7.96. The second-order valence-electron chi connectivity index (χ2n) is 4.79. The molecule has 0 bridgehead atoms. The number of sulfonamides is 1. The molecule has 0 spiro atoms. The van der Waals surface area contributed by atoms with Crippen LogP contribution in [0.15, 0.2) is 0 Å². The normalized spacial score (nSPS) is 26.2. The van der Waals surface area contributed by atoms with Gasteiger partial charge in [0.1, 0.15) is 0 Å². The topological polar surface area (TPSA) is 86.7 Å². The standard InChI is InChI=1S/C10H18N2O4S/c13-10(14)4-6-17(15,16)11-8-3-5-12(7-8)9-1-2-9/h8-9,11H,1-7H2,(H,13,14). The molecule has 0 amide bonds. The highest BCUT2D eigenvalue weighted by Gasteiger charge is 2.35. The quantitative estimate of drug-likeness (QED) is 0.681. The molecule has 1 saturated carbocycles. The summed E-state index contributed by atoms with van der Waals surface area (Å²) in [5.41, 5.74) is 0. The van der Waals surface area contributed by atoms with Crippen molar-refractivity contribution in [3.05, 3.63) is 0 Å². The van der Waals surface area contributed by atoms with E-state index in [4.69, 9.17) is 5.11 Å². The number of rotatable bonds is 6. The third kappa shape index (κ3) is 3.93. The van der Waals surface area contributed by atoms with Crippen molar-refractivity contribution in [3.63, 3.8) is 0 Å². The lowest BCUT2D eigenvalue weighted by Gasteiger charge is -2.15. The molecule has 2 fully saturated rings. The first-order valence-electron chi connectivity index (χ1n) is 5.92. The molecule has 1 saturated heterocycles. The summed E-state index contributed by atoms with van der Waals surface area (Å²) in [6.45, 7) is 1.70. The summed E-state index contributed by atoms with van der Waals surface area (Å²) in [7, 11) is -3.45. The van der Waals surface area contributed by atoms with Gasteiger partial charge in [0.2, 0.25) is 10.0 Å². The monoisotopic (exact) mass is 262 g/mol. The van der Waals surface area contributed by atoms with Gasteiger partial charge in [-0.15, -0.1) is 0 Å². The molecular formula is C10H18N2O4S. The van der Waals surface area contributed by atoms with Crippen LogP contribution in [0.4, 0.5) is 0 Å². The maximum atomic E-state index is 11.6. The highest BCUT2D eigenvalue weighted by atomic mass is 32.2. The molecule has 0 aromatic heterocycles. The summed E-state index contributed by atoms with van der Waals surface area (Å²) in [6.07, 6.45) is 2.92. The number of aliphatic carboxylic acids is 1. The van der Waals surface area contributed by atoms with Crippen LogP contribution in [0.25, 0.3) is 0 Å². The van der Waals surface area contributed by atoms with Crippen LogP contribution < -0.4 is 4.72 Å². The Morgan fingerprint density at radius 1 is 1.35 bits per heavy atom. The van der Waals surface area contributed by atoms with Crippen molar-refractivity contribution in [2.45, 2.75) is 37.8 Å². The Morgan fingerprint density at radius 2 is 2.06 bits per heavy atom. The first kappa shape index (κ1) is 12.8. The molecule has 1 unspecified atom stereocenters. The number of hydrogen-bond acceptors (Lipinski definition) is 4. The van der Waals surface area contributed by atoms with Crippen molar-refractivity contribution in [3.8, 4) is 0 Å². The molecule has 1 aliphatic heterocycles. The van der Waals surface area contributed by atoms with Gasteiger partial charge in [0.15, 0.2) is 0 Å². The van der Waals surface area contributed by atoms with Crippen LogP contribution in [0.1, 0.15) is 25.7 Å². The van der Waals surface area contributed by atoms with Crippen LogP contribution in [0.2, 0.25) is 0 Å². The number of carboxylic acids is 1. The molecule has 98 valence electrons. The molecule has 6 nitrogen and oxygen atoms in total. The van der Waals surface area contributed by atoms with Crippen LogP contribution in [0, 0.1) is 0 Å². The van der Waals surface area contributed by atoms with Gasteiger partial charge >= 0.3 is 5.97 Å². The van der Waals surface area contributed by atoms with Crippen molar-refractivity contribution < 1.29 is 18.3 Å². The summed E-state index contributed by atoms with van der Waals surface area (Å²) >= 11 is 0. The molecule has 0 aromatic rings. The van der Waals surface area contributed by atoms with Crippen molar-refractivity contribution >= 4 is 16.0 Å². The molecule has 17 heavy (non-hydrogen) atoms. The lowest BCUT2D eigenvalue weighted by molar-refractivity contribution is -0.136. The number of carboxylic acid groups (broad SMARTS) is 1. The molecule has 2 N–H and O–H groups in total. The average molecular weight is 262 g/mol. The minimum atomic E-state index is -3.45. The second kappa shape index (κ2) is 4.91. The van der Waals surface area contributed by atoms with E-state index in [0.717, 1.165) is 19.5 Å². The van der Waals surface area contributed by atoms with Gasteiger partial charge in [-0.1, -0.05) is 0 Å². The van der Waals surface area contributed by atoms with Gasteiger partial charge in [0.25, 0.3) is 0 Å². The van der Waals surface area contributed by atoms with Gasteiger partial charge in [-0.2, -0.15) is 0 Å². The fourth-order valence-electron chi connectivity index (χ4n) is 2.19. The van der Waals surface area contributed by atoms with Gasteiger partial charge < -0.3 is 5.11 Å². The smallest absolute Gasteiger partial charge is 0.304 e. The van der Waals surface area contributed by atoms with E-state index in [-0.39, 0.29) is 18.2 Å². The number of likely N-dealkylation sites (tertiary alicyclic amines) is 1. The molecule has 2 rings (SSSR count).